The van der Waals surface area contributed by atoms with E-state index in [-0.39, 0.29) is 5.56 Å². The number of hydrogen-bond donors (Lipinski definition) is 1. The fourth-order valence-electron chi connectivity index (χ4n) is 1.51. The highest BCUT2D eigenvalue weighted by molar-refractivity contribution is 7.99. The maximum Gasteiger partial charge on any atom is 0.335 e. The van der Waals surface area contributed by atoms with Crippen LogP contribution in [0.25, 0.3) is 11.1 Å². The van der Waals surface area contributed by atoms with Gasteiger partial charge in [-0.25, -0.2) is 9.78 Å². The van der Waals surface area contributed by atoms with Crippen LogP contribution >= 0.6 is 11.8 Å². The number of oxazole rings is 1. The second-order valence-electron chi connectivity index (χ2n) is 3.74. The van der Waals surface area contributed by atoms with E-state index in [1.807, 2.05) is 0 Å². The molecule has 1 N–H and O–H groups in total. The Kier molecular flexibility index (Phi) is 2.53. The lowest BCUT2D eigenvalue weighted by Gasteiger charge is -2.23. The Bertz CT molecular complexity index is 576. The molecule has 0 atom stereocenters. The van der Waals surface area contributed by atoms with Crippen molar-refractivity contribution in [1.82, 2.24) is 4.98 Å². The fraction of sp³-hybridized carbons (Fsp3) is 0.273. The van der Waals surface area contributed by atoms with Gasteiger partial charge in [0.15, 0.2) is 5.58 Å². The number of hydrogen-bond acceptors (Lipinski definition) is 5. The van der Waals surface area contributed by atoms with E-state index in [9.17, 15) is 4.79 Å². The van der Waals surface area contributed by atoms with Gasteiger partial charge >= 0.3 is 5.97 Å². The van der Waals surface area contributed by atoms with Crippen LogP contribution < -0.4 is 0 Å². The molecule has 1 aliphatic heterocycles. The first-order valence-electron chi connectivity index (χ1n) is 5.10. The molecule has 1 fully saturated rings. The van der Waals surface area contributed by atoms with Gasteiger partial charge in [-0.15, -0.1) is 0 Å². The van der Waals surface area contributed by atoms with Crippen LogP contribution in [0.3, 0.4) is 0 Å². The number of ether oxygens (including phenoxy) is 1. The van der Waals surface area contributed by atoms with Crippen molar-refractivity contribution in [1.29, 1.82) is 0 Å². The zero-order valence-corrected chi connectivity index (χ0v) is 9.57. The van der Waals surface area contributed by atoms with Crippen molar-refractivity contribution in [2.24, 2.45) is 0 Å². The maximum absolute atomic E-state index is 10.8. The molecular formula is C11H9NO4S. The van der Waals surface area contributed by atoms with Crippen LogP contribution in [0.15, 0.2) is 27.8 Å². The number of benzene rings is 1. The molecule has 88 valence electrons. The second-order valence-corrected chi connectivity index (χ2v) is 5.00. The molecule has 0 unspecified atom stereocenters. The quantitative estimate of drug-likeness (QED) is 0.899. The number of fused-ring (bicyclic) bond motifs is 1. The van der Waals surface area contributed by atoms with Gasteiger partial charge in [0.05, 0.1) is 24.0 Å². The minimum absolute atomic E-state index is 0.206. The summed E-state index contributed by atoms with van der Waals surface area (Å²) in [6, 6.07) is 4.67. The predicted octanol–water partition coefficient (Wildman–Crippen LogP) is 2.02. The summed E-state index contributed by atoms with van der Waals surface area (Å²) in [7, 11) is 0. The molecule has 0 aliphatic carbocycles. The SMILES string of the molecule is O=C(O)c1ccc2nc(SC3COC3)oc2c1. The summed E-state index contributed by atoms with van der Waals surface area (Å²) in [5, 5.41) is 9.82. The highest BCUT2D eigenvalue weighted by Crippen LogP contribution is 2.30. The van der Waals surface area contributed by atoms with Crippen molar-refractivity contribution in [3.8, 4) is 0 Å². The van der Waals surface area contributed by atoms with E-state index in [0.717, 1.165) is 0 Å². The zero-order valence-electron chi connectivity index (χ0n) is 8.75. The van der Waals surface area contributed by atoms with E-state index in [1.165, 1.54) is 23.9 Å². The third kappa shape index (κ3) is 2.01. The van der Waals surface area contributed by atoms with E-state index in [1.54, 1.807) is 6.07 Å². The summed E-state index contributed by atoms with van der Waals surface area (Å²) >= 11 is 1.52. The van der Waals surface area contributed by atoms with Gasteiger partial charge in [-0.2, -0.15) is 0 Å². The monoisotopic (exact) mass is 251 g/mol. The van der Waals surface area contributed by atoms with Crippen molar-refractivity contribution < 1.29 is 19.1 Å². The molecule has 5 nitrogen and oxygen atoms in total. The Morgan fingerprint density at radius 3 is 2.94 bits per heavy atom. The number of carbonyl (C=O) groups is 1. The van der Waals surface area contributed by atoms with E-state index >= 15 is 0 Å². The smallest absolute Gasteiger partial charge is 0.335 e. The van der Waals surface area contributed by atoms with E-state index in [2.05, 4.69) is 4.98 Å². The molecule has 0 radical (unpaired) electrons. The Balaban J connectivity index is 1.91. The van der Waals surface area contributed by atoms with Crippen molar-refractivity contribution in [2.45, 2.75) is 10.5 Å². The second kappa shape index (κ2) is 4.05. The Hall–Kier alpha value is -1.53. The van der Waals surface area contributed by atoms with Gasteiger partial charge < -0.3 is 14.3 Å². The van der Waals surface area contributed by atoms with Crippen molar-refractivity contribution in [3.63, 3.8) is 0 Å². The average Bonchev–Trinajstić information content (AvgIpc) is 2.64. The molecular weight excluding hydrogens is 242 g/mol. The highest BCUT2D eigenvalue weighted by Gasteiger charge is 2.22. The largest absolute Gasteiger partial charge is 0.478 e. The Morgan fingerprint density at radius 1 is 1.47 bits per heavy atom. The van der Waals surface area contributed by atoms with Crippen LogP contribution in [-0.2, 0) is 4.74 Å². The number of rotatable bonds is 3. The number of thioether (sulfide) groups is 1. The van der Waals surface area contributed by atoms with Gasteiger partial charge in [0, 0.05) is 0 Å². The molecule has 1 saturated heterocycles. The summed E-state index contributed by atoms with van der Waals surface area (Å²) in [4.78, 5) is 15.1. The summed E-state index contributed by atoms with van der Waals surface area (Å²) in [5.74, 6) is -0.968. The zero-order chi connectivity index (χ0) is 11.8. The van der Waals surface area contributed by atoms with Crippen LogP contribution in [0.4, 0.5) is 0 Å². The van der Waals surface area contributed by atoms with Crippen LogP contribution in [-0.4, -0.2) is 34.5 Å². The lowest BCUT2D eigenvalue weighted by molar-refractivity contribution is 0.0451. The lowest BCUT2D eigenvalue weighted by atomic mass is 10.2. The van der Waals surface area contributed by atoms with Crippen molar-refractivity contribution in [2.75, 3.05) is 13.2 Å². The summed E-state index contributed by atoms with van der Waals surface area (Å²) < 4.78 is 10.6. The maximum atomic E-state index is 10.8. The van der Waals surface area contributed by atoms with Gasteiger partial charge in [-0.05, 0) is 18.2 Å². The molecule has 0 spiro atoms. The third-order valence-electron chi connectivity index (χ3n) is 2.49. The van der Waals surface area contributed by atoms with Gasteiger partial charge in [-0.1, -0.05) is 11.8 Å². The molecule has 1 aliphatic rings. The van der Waals surface area contributed by atoms with Gasteiger partial charge in [0.1, 0.15) is 5.52 Å². The van der Waals surface area contributed by atoms with E-state index in [4.69, 9.17) is 14.3 Å². The fourth-order valence-corrected chi connectivity index (χ4v) is 2.41. The van der Waals surface area contributed by atoms with Crippen molar-refractivity contribution >= 4 is 28.8 Å². The van der Waals surface area contributed by atoms with Gasteiger partial charge in [-0.3, -0.25) is 0 Å². The highest BCUT2D eigenvalue weighted by atomic mass is 32.2. The van der Waals surface area contributed by atoms with Crippen LogP contribution in [0, 0.1) is 0 Å². The normalized spacial score (nSPS) is 16.0. The first kappa shape index (κ1) is 10.6. The Morgan fingerprint density at radius 2 is 2.29 bits per heavy atom. The molecule has 0 saturated carbocycles. The standard InChI is InChI=1S/C11H9NO4S/c13-10(14)6-1-2-8-9(3-6)16-11(12-8)17-7-4-15-5-7/h1-3,7H,4-5H2,(H,13,14). The number of nitrogens with zero attached hydrogens (tertiary/aromatic N) is 1. The number of carboxylic acids is 1. The molecule has 0 bridgehead atoms. The molecule has 2 aromatic rings. The lowest BCUT2D eigenvalue weighted by Crippen LogP contribution is -2.30. The van der Waals surface area contributed by atoms with Gasteiger partial charge in [0.25, 0.3) is 5.22 Å². The van der Waals surface area contributed by atoms with E-state index in [0.29, 0.717) is 34.8 Å². The molecule has 0 amide bonds. The first-order valence-corrected chi connectivity index (χ1v) is 5.98. The minimum Gasteiger partial charge on any atom is -0.478 e. The molecule has 6 heteroatoms. The van der Waals surface area contributed by atoms with Crippen LogP contribution in [0.5, 0.6) is 0 Å². The number of aromatic carboxylic acids is 1. The minimum atomic E-state index is -0.968. The number of carboxylic acid groups (broad SMARTS) is 1. The molecule has 17 heavy (non-hydrogen) atoms. The van der Waals surface area contributed by atoms with Crippen LogP contribution in [0.1, 0.15) is 10.4 Å². The van der Waals surface area contributed by atoms with E-state index < -0.39 is 5.97 Å². The summed E-state index contributed by atoms with van der Waals surface area (Å²) in [6.45, 7) is 1.42. The number of aromatic nitrogens is 1. The first-order chi connectivity index (χ1) is 8.22. The van der Waals surface area contributed by atoms with Gasteiger partial charge in [0.2, 0.25) is 0 Å². The Labute approximate surface area is 101 Å². The summed E-state index contributed by atoms with van der Waals surface area (Å²) in [5.41, 5.74) is 1.39. The van der Waals surface area contributed by atoms with Crippen molar-refractivity contribution in [3.05, 3.63) is 23.8 Å². The summed E-state index contributed by atoms with van der Waals surface area (Å²) in [6.07, 6.45) is 0. The topological polar surface area (TPSA) is 72.6 Å². The molecule has 3 rings (SSSR count). The molecule has 1 aromatic carbocycles. The molecule has 2 heterocycles. The average molecular weight is 251 g/mol. The predicted molar refractivity (Wildman–Crippen MR) is 61.4 cm³/mol. The van der Waals surface area contributed by atoms with Crippen LogP contribution in [0.2, 0.25) is 0 Å². The third-order valence-corrected chi connectivity index (χ3v) is 3.47. The molecule has 1 aromatic heterocycles.